The Morgan fingerprint density at radius 3 is 2.58 bits per heavy atom. The second-order valence-electron chi connectivity index (χ2n) is 3.48. The molecule has 0 aliphatic rings. The lowest BCUT2D eigenvalue weighted by Gasteiger charge is -2.27. The molecule has 3 heteroatoms. The van der Waals surface area contributed by atoms with Crippen LogP contribution >= 0.6 is 0 Å². The van der Waals surface area contributed by atoms with E-state index in [0.29, 0.717) is 6.54 Å². The molecule has 0 radical (unpaired) electrons. The molecule has 2 N–H and O–H groups in total. The highest BCUT2D eigenvalue weighted by Gasteiger charge is 2.20. The highest BCUT2D eigenvalue weighted by molar-refractivity contribution is 4.86. The topological polar surface area (TPSA) is 56.0 Å². The number of aliphatic hydroxyl groups excluding tert-OH is 1. The van der Waals surface area contributed by atoms with Crippen molar-refractivity contribution in [2.24, 2.45) is 5.92 Å². The Bertz CT molecular complexity index is 158. The van der Waals surface area contributed by atoms with Gasteiger partial charge in [0.25, 0.3) is 0 Å². The minimum absolute atomic E-state index is 0.00225. The zero-order chi connectivity index (χ0) is 9.61. The summed E-state index contributed by atoms with van der Waals surface area (Å²) in [6.45, 7) is 6.58. The standard InChI is InChI=1S/C9H18N2O/c1-4-9(3,7-12)11-6-8(2)5-10/h8,11-12H,4,6-7H2,1-3H3. The van der Waals surface area contributed by atoms with E-state index < -0.39 is 0 Å². The third-order valence-electron chi connectivity index (χ3n) is 2.18. The van der Waals surface area contributed by atoms with E-state index in [-0.39, 0.29) is 18.1 Å². The largest absolute Gasteiger partial charge is 0.394 e. The third kappa shape index (κ3) is 3.70. The molecular weight excluding hydrogens is 152 g/mol. The van der Waals surface area contributed by atoms with Crippen molar-refractivity contribution in [3.8, 4) is 6.07 Å². The first kappa shape index (κ1) is 11.4. The Hall–Kier alpha value is -0.590. The Balaban J connectivity index is 3.82. The van der Waals surface area contributed by atoms with Crippen molar-refractivity contribution < 1.29 is 5.11 Å². The molecule has 70 valence electrons. The molecule has 0 aliphatic carbocycles. The molecule has 0 aromatic heterocycles. The van der Waals surface area contributed by atoms with Crippen LogP contribution in [-0.2, 0) is 0 Å². The van der Waals surface area contributed by atoms with Crippen LogP contribution in [0.25, 0.3) is 0 Å². The van der Waals surface area contributed by atoms with E-state index in [4.69, 9.17) is 10.4 Å². The smallest absolute Gasteiger partial charge is 0.0666 e. The number of hydrogen-bond donors (Lipinski definition) is 2. The van der Waals surface area contributed by atoms with Gasteiger partial charge in [0.05, 0.1) is 18.6 Å². The Kier molecular flexibility index (Phi) is 4.87. The first-order valence-electron chi connectivity index (χ1n) is 4.33. The first-order valence-corrected chi connectivity index (χ1v) is 4.33. The summed E-state index contributed by atoms with van der Waals surface area (Å²) in [4.78, 5) is 0. The maximum Gasteiger partial charge on any atom is 0.0666 e. The number of nitrogens with one attached hydrogen (secondary N) is 1. The van der Waals surface area contributed by atoms with Crippen LogP contribution in [0.4, 0.5) is 0 Å². The minimum atomic E-state index is -0.231. The quantitative estimate of drug-likeness (QED) is 0.644. The number of hydrogen-bond acceptors (Lipinski definition) is 3. The molecule has 0 saturated heterocycles. The van der Waals surface area contributed by atoms with Crippen LogP contribution in [-0.4, -0.2) is 23.8 Å². The third-order valence-corrected chi connectivity index (χ3v) is 2.18. The van der Waals surface area contributed by atoms with Gasteiger partial charge in [-0.05, 0) is 20.3 Å². The van der Waals surface area contributed by atoms with Crippen LogP contribution in [0.1, 0.15) is 27.2 Å². The Morgan fingerprint density at radius 2 is 2.25 bits per heavy atom. The normalized spacial score (nSPS) is 17.9. The van der Waals surface area contributed by atoms with Crippen LogP contribution in [0.15, 0.2) is 0 Å². The maximum atomic E-state index is 9.03. The predicted octanol–water partition coefficient (Wildman–Crippen LogP) is 0.897. The number of rotatable bonds is 5. The lowest BCUT2D eigenvalue weighted by Crippen LogP contribution is -2.46. The first-order chi connectivity index (χ1) is 5.58. The van der Waals surface area contributed by atoms with Crippen LogP contribution < -0.4 is 5.32 Å². The molecule has 0 aliphatic heterocycles. The highest BCUT2D eigenvalue weighted by atomic mass is 16.3. The SMILES string of the molecule is CCC(C)(CO)NCC(C)C#N. The summed E-state index contributed by atoms with van der Waals surface area (Å²) in [6, 6.07) is 2.14. The van der Waals surface area contributed by atoms with Crippen molar-refractivity contribution in [3.63, 3.8) is 0 Å². The summed E-state index contributed by atoms with van der Waals surface area (Å²) in [7, 11) is 0. The van der Waals surface area contributed by atoms with Gasteiger partial charge in [0.15, 0.2) is 0 Å². The van der Waals surface area contributed by atoms with E-state index in [1.165, 1.54) is 0 Å². The van der Waals surface area contributed by atoms with E-state index in [1.54, 1.807) is 0 Å². The lowest BCUT2D eigenvalue weighted by atomic mass is 9.99. The predicted molar refractivity (Wildman–Crippen MR) is 48.6 cm³/mol. The second kappa shape index (κ2) is 5.13. The highest BCUT2D eigenvalue weighted by Crippen LogP contribution is 2.07. The van der Waals surface area contributed by atoms with Gasteiger partial charge in [-0.3, -0.25) is 0 Å². The molecule has 0 amide bonds. The van der Waals surface area contributed by atoms with Crippen molar-refractivity contribution in [2.45, 2.75) is 32.7 Å². The van der Waals surface area contributed by atoms with Crippen LogP contribution in [0.5, 0.6) is 0 Å². The monoisotopic (exact) mass is 170 g/mol. The molecule has 2 atom stereocenters. The van der Waals surface area contributed by atoms with Gasteiger partial charge in [-0.15, -0.1) is 0 Å². The molecule has 0 aromatic rings. The molecule has 0 saturated carbocycles. The fraction of sp³-hybridized carbons (Fsp3) is 0.889. The van der Waals surface area contributed by atoms with Crippen molar-refractivity contribution in [3.05, 3.63) is 0 Å². The van der Waals surface area contributed by atoms with Gasteiger partial charge in [-0.2, -0.15) is 5.26 Å². The van der Waals surface area contributed by atoms with Gasteiger partial charge < -0.3 is 10.4 Å². The molecule has 0 rings (SSSR count). The van der Waals surface area contributed by atoms with Crippen molar-refractivity contribution in [1.82, 2.24) is 5.32 Å². The van der Waals surface area contributed by atoms with Crippen molar-refractivity contribution in [1.29, 1.82) is 5.26 Å². The van der Waals surface area contributed by atoms with E-state index in [1.807, 2.05) is 20.8 Å². The summed E-state index contributed by atoms with van der Waals surface area (Å²) >= 11 is 0. The van der Waals surface area contributed by atoms with Gasteiger partial charge >= 0.3 is 0 Å². The summed E-state index contributed by atoms with van der Waals surface area (Å²) in [5.41, 5.74) is -0.231. The molecule has 0 bridgehead atoms. The Morgan fingerprint density at radius 1 is 1.67 bits per heavy atom. The summed E-state index contributed by atoms with van der Waals surface area (Å²) < 4.78 is 0. The number of nitrogens with zero attached hydrogens (tertiary/aromatic N) is 1. The zero-order valence-corrected chi connectivity index (χ0v) is 8.09. The molecule has 3 nitrogen and oxygen atoms in total. The van der Waals surface area contributed by atoms with Crippen LogP contribution in [0.2, 0.25) is 0 Å². The summed E-state index contributed by atoms with van der Waals surface area (Å²) in [5, 5.41) is 20.7. The molecular formula is C9H18N2O. The number of nitriles is 1. The second-order valence-corrected chi connectivity index (χ2v) is 3.48. The summed E-state index contributed by atoms with van der Waals surface area (Å²) in [6.07, 6.45) is 0.863. The fourth-order valence-electron chi connectivity index (χ4n) is 0.738. The van der Waals surface area contributed by atoms with E-state index in [2.05, 4.69) is 11.4 Å². The number of aliphatic hydroxyl groups is 1. The molecule has 2 unspecified atom stereocenters. The molecule has 0 aromatic carbocycles. The van der Waals surface area contributed by atoms with Gasteiger partial charge in [-0.25, -0.2) is 0 Å². The fourth-order valence-corrected chi connectivity index (χ4v) is 0.738. The molecule has 0 spiro atoms. The maximum absolute atomic E-state index is 9.03. The minimum Gasteiger partial charge on any atom is -0.394 e. The van der Waals surface area contributed by atoms with Gasteiger partial charge in [0.2, 0.25) is 0 Å². The zero-order valence-electron chi connectivity index (χ0n) is 8.09. The average molecular weight is 170 g/mol. The Labute approximate surface area is 74.4 Å². The van der Waals surface area contributed by atoms with Crippen LogP contribution in [0, 0.1) is 17.2 Å². The van der Waals surface area contributed by atoms with Crippen molar-refractivity contribution >= 4 is 0 Å². The molecule has 12 heavy (non-hydrogen) atoms. The van der Waals surface area contributed by atoms with E-state index in [9.17, 15) is 0 Å². The summed E-state index contributed by atoms with van der Waals surface area (Å²) in [5.74, 6) is 0.00225. The molecule has 0 fully saturated rings. The van der Waals surface area contributed by atoms with Gasteiger partial charge in [0.1, 0.15) is 0 Å². The van der Waals surface area contributed by atoms with E-state index in [0.717, 1.165) is 6.42 Å². The van der Waals surface area contributed by atoms with Crippen molar-refractivity contribution in [2.75, 3.05) is 13.2 Å². The van der Waals surface area contributed by atoms with Gasteiger partial charge in [0, 0.05) is 12.1 Å². The average Bonchev–Trinajstić information content (AvgIpc) is 2.13. The van der Waals surface area contributed by atoms with E-state index >= 15 is 0 Å². The van der Waals surface area contributed by atoms with Crippen LogP contribution in [0.3, 0.4) is 0 Å². The molecule has 0 heterocycles. The van der Waals surface area contributed by atoms with Gasteiger partial charge in [-0.1, -0.05) is 6.92 Å². The lowest BCUT2D eigenvalue weighted by molar-refractivity contribution is 0.168.